The maximum atomic E-state index is 12.4. The molecule has 1 aromatic heterocycles. The topological polar surface area (TPSA) is 85.5 Å². The molecular weight excluding hydrogens is 266 g/mol. The van der Waals surface area contributed by atoms with E-state index in [2.05, 4.69) is 4.98 Å². The van der Waals surface area contributed by atoms with Gasteiger partial charge >= 0.3 is 5.97 Å². The number of aryl methyl sites for hydroxylation is 1. The largest absolute Gasteiger partial charge is 0.469 e. The maximum absolute atomic E-state index is 12.4. The quantitative estimate of drug-likeness (QED) is 0.820. The standard InChI is InChI=1S/C12H17N3O3S/c1-7-9(19-12(13)14-7)10(16)15-5-3-4-8(6-15)11(17)18-2/h8H,3-6H2,1-2H3,(H2,13,14). The average Bonchev–Trinajstić information content (AvgIpc) is 2.76. The van der Waals surface area contributed by atoms with Gasteiger partial charge in [0.25, 0.3) is 5.91 Å². The molecule has 7 heteroatoms. The summed E-state index contributed by atoms with van der Waals surface area (Å²) in [7, 11) is 1.37. The van der Waals surface area contributed by atoms with Crippen LogP contribution in [0.3, 0.4) is 0 Å². The number of nitrogens with zero attached hydrogens (tertiary/aromatic N) is 2. The van der Waals surface area contributed by atoms with Crippen LogP contribution in [-0.2, 0) is 9.53 Å². The summed E-state index contributed by atoms with van der Waals surface area (Å²) in [6.07, 6.45) is 1.57. The van der Waals surface area contributed by atoms with Gasteiger partial charge in [0.05, 0.1) is 18.7 Å². The monoisotopic (exact) mass is 283 g/mol. The van der Waals surface area contributed by atoms with E-state index in [4.69, 9.17) is 10.5 Å². The van der Waals surface area contributed by atoms with Crippen LogP contribution in [0.25, 0.3) is 0 Å². The predicted octanol–water partition coefficient (Wildman–Crippen LogP) is 1.06. The van der Waals surface area contributed by atoms with Gasteiger partial charge in [-0.1, -0.05) is 11.3 Å². The molecule has 0 spiro atoms. The molecule has 0 radical (unpaired) electrons. The summed E-state index contributed by atoms with van der Waals surface area (Å²) in [5, 5.41) is 0.391. The van der Waals surface area contributed by atoms with Crippen molar-refractivity contribution >= 4 is 28.3 Å². The Balaban J connectivity index is 2.11. The second-order valence-corrected chi connectivity index (χ2v) is 5.61. The Morgan fingerprint density at radius 3 is 2.84 bits per heavy atom. The number of aromatic nitrogens is 1. The number of nitrogens with two attached hydrogens (primary N) is 1. The van der Waals surface area contributed by atoms with E-state index in [-0.39, 0.29) is 17.8 Å². The fourth-order valence-electron chi connectivity index (χ4n) is 2.28. The Hall–Kier alpha value is -1.63. The Kier molecular flexibility index (Phi) is 4.04. The van der Waals surface area contributed by atoms with Crippen molar-refractivity contribution in [1.29, 1.82) is 0 Å². The molecule has 1 aromatic rings. The van der Waals surface area contributed by atoms with Crippen LogP contribution in [0.15, 0.2) is 0 Å². The number of esters is 1. The summed E-state index contributed by atoms with van der Waals surface area (Å²) in [6, 6.07) is 0. The van der Waals surface area contributed by atoms with Crippen LogP contribution in [-0.4, -0.2) is 42.0 Å². The van der Waals surface area contributed by atoms with Crippen LogP contribution in [0, 0.1) is 12.8 Å². The minimum Gasteiger partial charge on any atom is -0.469 e. The van der Waals surface area contributed by atoms with Crippen LogP contribution in [0.5, 0.6) is 0 Å². The summed E-state index contributed by atoms with van der Waals surface area (Å²) in [5.74, 6) is -0.577. The van der Waals surface area contributed by atoms with Crippen LogP contribution < -0.4 is 5.73 Å². The molecule has 0 saturated carbocycles. The SMILES string of the molecule is COC(=O)C1CCCN(C(=O)c2sc(N)nc2C)C1. The fourth-order valence-corrected chi connectivity index (χ4v) is 3.08. The van der Waals surface area contributed by atoms with E-state index in [1.807, 2.05) is 0 Å². The van der Waals surface area contributed by atoms with Gasteiger partial charge in [0.15, 0.2) is 5.13 Å². The van der Waals surface area contributed by atoms with Gasteiger partial charge in [-0.25, -0.2) is 4.98 Å². The summed E-state index contributed by atoms with van der Waals surface area (Å²) in [6.45, 7) is 2.83. The highest BCUT2D eigenvalue weighted by Gasteiger charge is 2.30. The minimum atomic E-state index is -0.252. The summed E-state index contributed by atoms with van der Waals surface area (Å²) in [5.41, 5.74) is 6.25. The number of carbonyl (C=O) groups excluding carboxylic acids is 2. The molecule has 1 amide bonds. The van der Waals surface area contributed by atoms with E-state index in [0.717, 1.165) is 12.8 Å². The van der Waals surface area contributed by atoms with Crippen molar-refractivity contribution in [3.05, 3.63) is 10.6 Å². The Labute approximate surface area is 115 Å². The van der Waals surface area contributed by atoms with Gasteiger partial charge in [-0.05, 0) is 19.8 Å². The first-order valence-corrected chi connectivity index (χ1v) is 6.94. The molecule has 1 unspecified atom stereocenters. The van der Waals surface area contributed by atoms with Gasteiger partial charge in [0.1, 0.15) is 4.88 Å². The van der Waals surface area contributed by atoms with E-state index in [0.29, 0.717) is 28.8 Å². The molecule has 1 saturated heterocycles. The third-order valence-electron chi connectivity index (χ3n) is 3.25. The number of thiazole rings is 1. The number of amides is 1. The van der Waals surface area contributed by atoms with Crippen molar-refractivity contribution in [2.24, 2.45) is 5.92 Å². The zero-order chi connectivity index (χ0) is 14.0. The van der Waals surface area contributed by atoms with Gasteiger partial charge in [-0.2, -0.15) is 0 Å². The van der Waals surface area contributed by atoms with Gasteiger partial charge in [0.2, 0.25) is 0 Å². The summed E-state index contributed by atoms with van der Waals surface area (Å²) < 4.78 is 4.74. The van der Waals surface area contributed by atoms with E-state index >= 15 is 0 Å². The smallest absolute Gasteiger partial charge is 0.310 e. The number of carbonyl (C=O) groups is 2. The molecule has 0 aromatic carbocycles. The zero-order valence-corrected chi connectivity index (χ0v) is 11.8. The molecule has 2 heterocycles. The molecule has 1 aliphatic rings. The van der Waals surface area contributed by atoms with E-state index in [1.165, 1.54) is 18.4 Å². The number of hydrogen-bond acceptors (Lipinski definition) is 6. The molecule has 1 atom stereocenters. The number of ether oxygens (including phenoxy) is 1. The van der Waals surface area contributed by atoms with Crippen LogP contribution in [0.1, 0.15) is 28.2 Å². The van der Waals surface area contributed by atoms with Crippen molar-refractivity contribution in [3.8, 4) is 0 Å². The molecule has 0 bridgehead atoms. The highest BCUT2D eigenvalue weighted by atomic mass is 32.1. The lowest BCUT2D eigenvalue weighted by atomic mass is 9.98. The highest BCUT2D eigenvalue weighted by molar-refractivity contribution is 7.17. The molecule has 0 aliphatic carbocycles. The summed E-state index contributed by atoms with van der Waals surface area (Å²) in [4.78, 5) is 30.2. The van der Waals surface area contributed by atoms with E-state index in [1.54, 1.807) is 11.8 Å². The molecule has 19 heavy (non-hydrogen) atoms. The van der Waals surface area contributed by atoms with Crippen molar-refractivity contribution in [2.75, 3.05) is 25.9 Å². The van der Waals surface area contributed by atoms with Crippen molar-refractivity contribution in [1.82, 2.24) is 9.88 Å². The second-order valence-electron chi connectivity index (χ2n) is 4.58. The molecule has 6 nitrogen and oxygen atoms in total. The first-order chi connectivity index (χ1) is 9.02. The van der Waals surface area contributed by atoms with Gasteiger partial charge < -0.3 is 15.4 Å². The predicted molar refractivity (Wildman–Crippen MR) is 71.9 cm³/mol. The molecule has 1 aliphatic heterocycles. The Morgan fingerprint density at radius 1 is 1.53 bits per heavy atom. The first kappa shape index (κ1) is 13.8. The lowest BCUT2D eigenvalue weighted by molar-refractivity contribution is -0.146. The lowest BCUT2D eigenvalue weighted by Crippen LogP contribution is -2.42. The number of likely N-dealkylation sites (tertiary alicyclic amines) is 1. The van der Waals surface area contributed by atoms with Gasteiger partial charge in [0, 0.05) is 13.1 Å². The fraction of sp³-hybridized carbons (Fsp3) is 0.583. The maximum Gasteiger partial charge on any atom is 0.310 e. The molecular formula is C12H17N3O3S. The van der Waals surface area contributed by atoms with Gasteiger partial charge in [-0.3, -0.25) is 9.59 Å². The summed E-state index contributed by atoms with van der Waals surface area (Å²) >= 11 is 1.19. The highest BCUT2D eigenvalue weighted by Crippen LogP contribution is 2.25. The minimum absolute atomic E-state index is 0.0969. The van der Waals surface area contributed by atoms with E-state index < -0.39 is 0 Å². The van der Waals surface area contributed by atoms with Crippen molar-refractivity contribution in [3.63, 3.8) is 0 Å². The number of methoxy groups -OCH3 is 1. The van der Waals surface area contributed by atoms with Crippen LogP contribution >= 0.6 is 11.3 Å². The first-order valence-electron chi connectivity index (χ1n) is 6.13. The second kappa shape index (κ2) is 5.56. The number of nitrogen functional groups attached to an aromatic ring is 1. The van der Waals surface area contributed by atoms with Crippen LogP contribution in [0.4, 0.5) is 5.13 Å². The zero-order valence-electron chi connectivity index (χ0n) is 11.0. The number of hydrogen-bond donors (Lipinski definition) is 1. The third-order valence-corrected chi connectivity index (χ3v) is 4.23. The van der Waals surface area contributed by atoms with Gasteiger partial charge in [-0.15, -0.1) is 0 Å². The van der Waals surface area contributed by atoms with E-state index in [9.17, 15) is 9.59 Å². The molecule has 2 N–H and O–H groups in total. The molecule has 104 valence electrons. The van der Waals surface area contributed by atoms with Crippen molar-refractivity contribution in [2.45, 2.75) is 19.8 Å². The third kappa shape index (κ3) is 2.86. The van der Waals surface area contributed by atoms with Crippen molar-refractivity contribution < 1.29 is 14.3 Å². The molecule has 2 rings (SSSR count). The Morgan fingerprint density at radius 2 is 2.26 bits per heavy atom. The Bertz CT molecular complexity index is 500. The normalized spacial score (nSPS) is 19.3. The average molecular weight is 283 g/mol. The van der Waals surface area contributed by atoms with Crippen LogP contribution in [0.2, 0.25) is 0 Å². The lowest BCUT2D eigenvalue weighted by Gasteiger charge is -2.31. The number of rotatable bonds is 2. The molecule has 1 fully saturated rings. The number of anilines is 1. The number of piperidine rings is 1.